The molecular weight excluding hydrogens is 272 g/mol. The first-order valence-corrected chi connectivity index (χ1v) is 7.31. The molecule has 20 heavy (non-hydrogen) atoms. The molecule has 2 aromatic rings. The molecule has 1 heterocycles. The highest BCUT2D eigenvalue weighted by atomic mass is 32.1. The number of nitrogen functional groups attached to an aromatic ring is 1. The third kappa shape index (κ3) is 3.11. The van der Waals surface area contributed by atoms with E-state index in [9.17, 15) is 4.79 Å². The Kier molecular flexibility index (Phi) is 4.63. The number of nitrogens with one attached hydrogen (secondary N) is 1. The zero-order valence-electron chi connectivity index (χ0n) is 11.6. The molecule has 3 N–H and O–H groups in total. The van der Waals surface area contributed by atoms with E-state index in [-0.39, 0.29) is 11.9 Å². The summed E-state index contributed by atoms with van der Waals surface area (Å²) in [4.78, 5) is 13.5. The molecule has 0 bridgehead atoms. The van der Waals surface area contributed by atoms with Crippen LogP contribution in [0.4, 0.5) is 5.69 Å². The van der Waals surface area contributed by atoms with Crippen LogP contribution in [0.5, 0.6) is 5.75 Å². The van der Waals surface area contributed by atoms with Crippen LogP contribution in [0, 0.1) is 0 Å². The number of ether oxygens (including phenoxy) is 1. The molecule has 0 saturated carbocycles. The average molecular weight is 290 g/mol. The fourth-order valence-corrected chi connectivity index (χ4v) is 2.86. The van der Waals surface area contributed by atoms with E-state index in [0.29, 0.717) is 17.0 Å². The van der Waals surface area contributed by atoms with Crippen molar-refractivity contribution < 1.29 is 9.53 Å². The van der Waals surface area contributed by atoms with Gasteiger partial charge in [0.05, 0.1) is 18.7 Å². The van der Waals surface area contributed by atoms with Gasteiger partial charge < -0.3 is 15.8 Å². The van der Waals surface area contributed by atoms with Gasteiger partial charge in [-0.1, -0.05) is 13.0 Å². The van der Waals surface area contributed by atoms with Crippen LogP contribution in [0.25, 0.3) is 0 Å². The maximum atomic E-state index is 12.4. The van der Waals surface area contributed by atoms with Gasteiger partial charge in [-0.2, -0.15) is 0 Å². The Labute approximate surface area is 122 Å². The molecule has 0 aliphatic heterocycles. The third-order valence-electron chi connectivity index (χ3n) is 3.07. The van der Waals surface area contributed by atoms with Crippen molar-refractivity contribution in [2.75, 3.05) is 12.8 Å². The first-order valence-electron chi connectivity index (χ1n) is 6.43. The lowest BCUT2D eigenvalue weighted by atomic mass is 10.1. The van der Waals surface area contributed by atoms with E-state index < -0.39 is 0 Å². The van der Waals surface area contributed by atoms with Gasteiger partial charge in [-0.25, -0.2) is 0 Å². The molecule has 1 aromatic carbocycles. The third-order valence-corrected chi connectivity index (χ3v) is 4.05. The lowest BCUT2D eigenvalue weighted by Gasteiger charge is -2.17. The number of amides is 1. The van der Waals surface area contributed by atoms with Crippen molar-refractivity contribution in [2.45, 2.75) is 19.4 Å². The van der Waals surface area contributed by atoms with Crippen LogP contribution in [0.2, 0.25) is 0 Å². The molecule has 4 nitrogen and oxygen atoms in total. The number of hydrogen-bond donors (Lipinski definition) is 2. The van der Waals surface area contributed by atoms with E-state index >= 15 is 0 Å². The van der Waals surface area contributed by atoms with Crippen LogP contribution in [0.3, 0.4) is 0 Å². The number of carbonyl (C=O) groups excluding carboxylic acids is 1. The highest BCUT2D eigenvalue weighted by Gasteiger charge is 2.18. The van der Waals surface area contributed by atoms with Gasteiger partial charge in [0.15, 0.2) is 0 Å². The lowest BCUT2D eigenvalue weighted by Crippen LogP contribution is -2.28. The second-order valence-electron chi connectivity index (χ2n) is 4.41. The molecule has 1 amide bonds. The standard InChI is InChI=1S/C15H18N2O2S/c1-3-12(14-5-4-8-20-14)17-15(18)11-9-10(16)6-7-13(11)19-2/h4-9,12H,3,16H2,1-2H3,(H,17,18). The number of carbonyl (C=O) groups is 1. The molecule has 2 rings (SSSR count). The average Bonchev–Trinajstić information content (AvgIpc) is 2.98. The highest BCUT2D eigenvalue weighted by Crippen LogP contribution is 2.25. The predicted octanol–water partition coefficient (Wildman–Crippen LogP) is 3.22. The van der Waals surface area contributed by atoms with Crippen molar-refractivity contribution in [3.05, 3.63) is 46.2 Å². The second kappa shape index (κ2) is 6.43. The van der Waals surface area contributed by atoms with Gasteiger partial charge in [-0.05, 0) is 36.1 Å². The summed E-state index contributed by atoms with van der Waals surface area (Å²) < 4.78 is 5.21. The van der Waals surface area contributed by atoms with E-state index in [4.69, 9.17) is 10.5 Å². The Morgan fingerprint density at radius 2 is 2.25 bits per heavy atom. The summed E-state index contributed by atoms with van der Waals surface area (Å²) >= 11 is 1.64. The SMILES string of the molecule is CCC(NC(=O)c1cc(N)ccc1OC)c1cccs1. The molecule has 106 valence electrons. The monoisotopic (exact) mass is 290 g/mol. The Morgan fingerprint density at radius 1 is 1.45 bits per heavy atom. The first kappa shape index (κ1) is 14.4. The minimum absolute atomic E-state index is 0.00800. The van der Waals surface area contributed by atoms with Crippen molar-refractivity contribution in [1.82, 2.24) is 5.32 Å². The van der Waals surface area contributed by atoms with E-state index in [1.54, 1.807) is 36.6 Å². The normalized spacial score (nSPS) is 11.9. The summed E-state index contributed by atoms with van der Waals surface area (Å²) in [6.07, 6.45) is 0.830. The number of hydrogen-bond acceptors (Lipinski definition) is 4. The molecule has 0 aliphatic carbocycles. The maximum absolute atomic E-state index is 12.4. The van der Waals surface area contributed by atoms with Crippen LogP contribution in [0.1, 0.15) is 34.6 Å². The summed E-state index contributed by atoms with van der Waals surface area (Å²) in [7, 11) is 1.54. The highest BCUT2D eigenvalue weighted by molar-refractivity contribution is 7.10. The Bertz CT molecular complexity index is 582. The summed E-state index contributed by atoms with van der Waals surface area (Å²) in [5, 5.41) is 5.03. The van der Waals surface area contributed by atoms with Crippen molar-refractivity contribution in [2.24, 2.45) is 0 Å². The van der Waals surface area contributed by atoms with Crippen molar-refractivity contribution >= 4 is 22.9 Å². The molecule has 0 radical (unpaired) electrons. The van der Waals surface area contributed by atoms with Crippen molar-refractivity contribution in [1.29, 1.82) is 0 Å². The Hall–Kier alpha value is -2.01. The van der Waals surface area contributed by atoms with Crippen molar-refractivity contribution in [3.8, 4) is 5.75 Å². The van der Waals surface area contributed by atoms with E-state index in [1.165, 1.54) is 0 Å². The Morgan fingerprint density at radius 3 is 2.85 bits per heavy atom. The number of nitrogens with two attached hydrogens (primary N) is 1. The number of rotatable bonds is 5. The van der Waals surface area contributed by atoms with Crippen molar-refractivity contribution in [3.63, 3.8) is 0 Å². The summed E-state index contributed by atoms with van der Waals surface area (Å²) in [6, 6.07) is 9.07. The van der Waals surface area contributed by atoms with Gasteiger partial charge in [-0.15, -0.1) is 11.3 Å². The summed E-state index contributed by atoms with van der Waals surface area (Å²) in [5.41, 5.74) is 6.75. The lowest BCUT2D eigenvalue weighted by molar-refractivity contribution is 0.0933. The number of benzene rings is 1. The molecule has 5 heteroatoms. The second-order valence-corrected chi connectivity index (χ2v) is 5.39. The van der Waals surface area contributed by atoms with Gasteiger partial charge in [0.1, 0.15) is 5.75 Å². The van der Waals surface area contributed by atoms with E-state index in [0.717, 1.165) is 11.3 Å². The van der Waals surface area contributed by atoms with Gasteiger partial charge in [-0.3, -0.25) is 4.79 Å². The van der Waals surface area contributed by atoms with E-state index in [1.807, 2.05) is 24.4 Å². The summed E-state index contributed by atoms with van der Waals surface area (Å²) in [5.74, 6) is 0.354. The van der Waals surface area contributed by atoms with Crippen LogP contribution < -0.4 is 15.8 Å². The molecule has 0 fully saturated rings. The molecule has 0 spiro atoms. The minimum Gasteiger partial charge on any atom is -0.496 e. The quantitative estimate of drug-likeness (QED) is 0.831. The molecular formula is C15H18N2O2S. The molecule has 0 aliphatic rings. The fourth-order valence-electron chi connectivity index (χ4n) is 2.00. The molecule has 1 aromatic heterocycles. The topological polar surface area (TPSA) is 64.4 Å². The largest absolute Gasteiger partial charge is 0.496 e. The van der Waals surface area contributed by atoms with Gasteiger partial charge in [0, 0.05) is 10.6 Å². The molecule has 1 atom stereocenters. The van der Waals surface area contributed by atoms with Gasteiger partial charge in [0.25, 0.3) is 5.91 Å². The number of anilines is 1. The van der Waals surface area contributed by atoms with Crippen LogP contribution in [-0.2, 0) is 0 Å². The number of thiophene rings is 1. The first-order chi connectivity index (χ1) is 9.65. The summed E-state index contributed by atoms with van der Waals surface area (Å²) in [6.45, 7) is 2.04. The van der Waals surface area contributed by atoms with Gasteiger partial charge >= 0.3 is 0 Å². The Balaban J connectivity index is 2.21. The maximum Gasteiger partial charge on any atom is 0.255 e. The van der Waals surface area contributed by atoms with Gasteiger partial charge in [0.2, 0.25) is 0 Å². The fraction of sp³-hybridized carbons (Fsp3) is 0.267. The zero-order chi connectivity index (χ0) is 14.5. The molecule has 1 unspecified atom stereocenters. The number of methoxy groups -OCH3 is 1. The predicted molar refractivity (Wildman–Crippen MR) is 82.2 cm³/mol. The smallest absolute Gasteiger partial charge is 0.255 e. The molecule has 0 saturated heterocycles. The van der Waals surface area contributed by atoms with E-state index in [2.05, 4.69) is 5.32 Å². The van der Waals surface area contributed by atoms with Crippen LogP contribution >= 0.6 is 11.3 Å². The van der Waals surface area contributed by atoms with Crippen LogP contribution in [0.15, 0.2) is 35.7 Å². The zero-order valence-corrected chi connectivity index (χ0v) is 12.4. The van der Waals surface area contributed by atoms with Crippen LogP contribution in [-0.4, -0.2) is 13.0 Å². The minimum atomic E-state index is -0.172.